The summed E-state index contributed by atoms with van der Waals surface area (Å²) < 4.78 is 36.3. The maximum absolute atomic E-state index is 12.1. The minimum atomic E-state index is -4.49. The van der Waals surface area contributed by atoms with Crippen molar-refractivity contribution in [2.24, 2.45) is 0 Å². The Morgan fingerprint density at radius 3 is 2.28 bits per heavy atom. The Balaban J connectivity index is 2.81. The molecule has 0 spiro atoms. The molecule has 1 rings (SSSR count). The number of benzene rings is 1. The fraction of sp³-hybridized carbons (Fsp3) is 0.417. The van der Waals surface area contributed by atoms with E-state index >= 15 is 0 Å². The van der Waals surface area contributed by atoms with Gasteiger partial charge in [0.05, 0.1) is 5.54 Å². The largest absolute Gasteiger partial charge is 0.397 e. The van der Waals surface area contributed by atoms with Crippen LogP contribution in [0.5, 0.6) is 0 Å². The Kier molecular flexibility index (Phi) is 4.78. The predicted molar refractivity (Wildman–Crippen MR) is 66.4 cm³/mol. The van der Waals surface area contributed by atoms with E-state index in [2.05, 4.69) is 21.2 Å². The van der Waals surface area contributed by atoms with Crippen molar-refractivity contribution < 1.29 is 18.0 Å². The average molecular weight is 324 g/mol. The lowest BCUT2D eigenvalue weighted by Crippen LogP contribution is -2.46. The molecule has 18 heavy (non-hydrogen) atoms. The van der Waals surface area contributed by atoms with Crippen LogP contribution in [0.15, 0.2) is 30.3 Å². The number of halogens is 4. The van der Waals surface area contributed by atoms with Crippen LogP contribution in [-0.4, -0.2) is 17.4 Å². The van der Waals surface area contributed by atoms with Gasteiger partial charge >= 0.3 is 6.18 Å². The summed E-state index contributed by atoms with van der Waals surface area (Å²) >= 11 is 3.22. The van der Waals surface area contributed by atoms with Crippen LogP contribution < -0.4 is 5.32 Å². The monoisotopic (exact) mass is 323 g/mol. The SMILES string of the molecule is CC(CBr)(NC(=O)CC(F)(F)F)c1ccccc1. The van der Waals surface area contributed by atoms with Gasteiger partial charge in [-0.05, 0) is 12.5 Å². The molecule has 0 fully saturated rings. The van der Waals surface area contributed by atoms with Crippen LogP contribution >= 0.6 is 15.9 Å². The summed E-state index contributed by atoms with van der Waals surface area (Å²) in [5.41, 5.74) is -0.110. The highest BCUT2D eigenvalue weighted by Gasteiger charge is 2.35. The van der Waals surface area contributed by atoms with E-state index in [1.807, 2.05) is 0 Å². The van der Waals surface area contributed by atoms with Gasteiger partial charge in [0.2, 0.25) is 5.91 Å². The number of alkyl halides is 4. The zero-order valence-corrected chi connectivity index (χ0v) is 11.3. The molecule has 0 radical (unpaired) electrons. The summed E-state index contributed by atoms with van der Waals surface area (Å²) in [6.45, 7) is 1.67. The summed E-state index contributed by atoms with van der Waals surface area (Å²) in [7, 11) is 0. The molecule has 0 saturated heterocycles. The van der Waals surface area contributed by atoms with E-state index in [9.17, 15) is 18.0 Å². The van der Waals surface area contributed by atoms with Gasteiger partial charge in [0.1, 0.15) is 6.42 Å². The van der Waals surface area contributed by atoms with Crippen LogP contribution in [0, 0.1) is 0 Å². The highest BCUT2D eigenvalue weighted by Crippen LogP contribution is 2.25. The van der Waals surface area contributed by atoms with Crippen molar-refractivity contribution in [3.05, 3.63) is 35.9 Å². The van der Waals surface area contributed by atoms with E-state index in [0.29, 0.717) is 5.33 Å². The fourth-order valence-corrected chi connectivity index (χ4v) is 1.99. The van der Waals surface area contributed by atoms with Gasteiger partial charge in [-0.2, -0.15) is 13.2 Å². The Labute approximate surface area is 112 Å². The first-order valence-corrected chi connectivity index (χ1v) is 6.38. The molecule has 1 N–H and O–H groups in total. The molecule has 1 amide bonds. The van der Waals surface area contributed by atoms with Gasteiger partial charge in [0, 0.05) is 5.33 Å². The van der Waals surface area contributed by atoms with E-state index < -0.39 is 24.0 Å². The molecule has 6 heteroatoms. The van der Waals surface area contributed by atoms with Gasteiger partial charge in [0.15, 0.2) is 0 Å². The standard InChI is InChI=1S/C12H13BrF3NO/c1-11(8-13,9-5-3-2-4-6-9)17-10(18)7-12(14,15)16/h2-6H,7-8H2,1H3,(H,17,18). The zero-order valence-electron chi connectivity index (χ0n) is 9.72. The fourth-order valence-electron chi connectivity index (χ4n) is 1.52. The summed E-state index contributed by atoms with van der Waals surface area (Å²) in [4.78, 5) is 11.4. The molecule has 0 aromatic heterocycles. The van der Waals surface area contributed by atoms with Crippen LogP contribution in [0.2, 0.25) is 0 Å². The van der Waals surface area contributed by atoms with Crippen LogP contribution in [0.4, 0.5) is 13.2 Å². The number of amides is 1. The molecule has 100 valence electrons. The highest BCUT2D eigenvalue weighted by atomic mass is 79.9. The summed E-state index contributed by atoms with van der Waals surface area (Å²) in [6, 6.07) is 8.86. The van der Waals surface area contributed by atoms with Gasteiger partial charge in [-0.1, -0.05) is 46.3 Å². The second-order valence-electron chi connectivity index (χ2n) is 4.17. The second kappa shape index (κ2) is 5.73. The van der Waals surface area contributed by atoms with Crippen LogP contribution in [-0.2, 0) is 10.3 Å². The molecular formula is C12H13BrF3NO. The van der Waals surface area contributed by atoms with E-state index in [0.717, 1.165) is 5.56 Å². The summed E-state index contributed by atoms with van der Waals surface area (Å²) in [5, 5.41) is 2.74. The van der Waals surface area contributed by atoms with Crippen LogP contribution in [0.1, 0.15) is 18.9 Å². The van der Waals surface area contributed by atoms with E-state index in [1.165, 1.54) is 0 Å². The minimum Gasteiger partial charge on any atom is -0.346 e. The summed E-state index contributed by atoms with van der Waals surface area (Å²) in [5.74, 6) is -1.03. The van der Waals surface area contributed by atoms with Gasteiger partial charge in [0.25, 0.3) is 0 Å². The molecule has 0 heterocycles. The molecule has 1 aromatic carbocycles. The third-order valence-electron chi connectivity index (χ3n) is 2.45. The first-order chi connectivity index (χ1) is 8.27. The molecule has 0 aliphatic carbocycles. The average Bonchev–Trinajstić information content (AvgIpc) is 2.27. The molecular weight excluding hydrogens is 311 g/mol. The Bertz CT molecular complexity index is 408. The second-order valence-corrected chi connectivity index (χ2v) is 4.73. The van der Waals surface area contributed by atoms with Gasteiger partial charge in [-0.25, -0.2) is 0 Å². The van der Waals surface area contributed by atoms with Crippen molar-refractivity contribution in [2.75, 3.05) is 5.33 Å². The maximum Gasteiger partial charge on any atom is 0.397 e. The molecule has 0 bridgehead atoms. The van der Waals surface area contributed by atoms with Crippen molar-refractivity contribution in [1.82, 2.24) is 5.32 Å². The van der Waals surface area contributed by atoms with Crippen LogP contribution in [0.25, 0.3) is 0 Å². The van der Waals surface area contributed by atoms with Gasteiger partial charge < -0.3 is 5.32 Å². The number of hydrogen-bond donors (Lipinski definition) is 1. The number of hydrogen-bond acceptors (Lipinski definition) is 1. The Morgan fingerprint density at radius 2 is 1.83 bits per heavy atom. The van der Waals surface area contributed by atoms with Crippen molar-refractivity contribution in [2.45, 2.75) is 25.1 Å². The molecule has 1 unspecified atom stereocenters. The number of carbonyl (C=O) groups excluding carboxylic acids is 1. The maximum atomic E-state index is 12.1. The van der Waals surface area contributed by atoms with E-state index in [4.69, 9.17) is 0 Å². The van der Waals surface area contributed by atoms with Crippen molar-refractivity contribution >= 4 is 21.8 Å². The van der Waals surface area contributed by atoms with Gasteiger partial charge in [-0.3, -0.25) is 4.79 Å². The lowest BCUT2D eigenvalue weighted by Gasteiger charge is -2.29. The van der Waals surface area contributed by atoms with Gasteiger partial charge in [-0.15, -0.1) is 0 Å². The predicted octanol–water partition coefficient (Wildman–Crippen LogP) is 3.37. The normalized spacial score (nSPS) is 14.9. The molecule has 0 aliphatic rings. The lowest BCUT2D eigenvalue weighted by atomic mass is 9.94. The van der Waals surface area contributed by atoms with Crippen molar-refractivity contribution in [3.8, 4) is 0 Å². The number of rotatable bonds is 4. The zero-order chi connectivity index (χ0) is 13.8. The van der Waals surface area contributed by atoms with Crippen molar-refractivity contribution in [1.29, 1.82) is 0 Å². The quantitative estimate of drug-likeness (QED) is 0.846. The molecule has 1 atom stereocenters. The van der Waals surface area contributed by atoms with E-state index in [1.54, 1.807) is 37.3 Å². The van der Waals surface area contributed by atoms with E-state index in [-0.39, 0.29) is 0 Å². The first kappa shape index (κ1) is 15.0. The van der Waals surface area contributed by atoms with Crippen LogP contribution in [0.3, 0.4) is 0 Å². The Hall–Kier alpha value is -1.04. The number of carbonyl (C=O) groups is 1. The smallest absolute Gasteiger partial charge is 0.346 e. The molecule has 0 aliphatic heterocycles. The lowest BCUT2D eigenvalue weighted by molar-refractivity contribution is -0.154. The molecule has 2 nitrogen and oxygen atoms in total. The third kappa shape index (κ3) is 4.33. The van der Waals surface area contributed by atoms with Crippen molar-refractivity contribution in [3.63, 3.8) is 0 Å². The number of nitrogens with one attached hydrogen (secondary N) is 1. The minimum absolute atomic E-state index is 0.327. The third-order valence-corrected chi connectivity index (χ3v) is 3.58. The summed E-state index contributed by atoms with van der Waals surface area (Å²) in [6.07, 6.45) is -5.96. The Morgan fingerprint density at radius 1 is 1.28 bits per heavy atom. The molecule has 1 aromatic rings. The first-order valence-electron chi connectivity index (χ1n) is 5.26. The topological polar surface area (TPSA) is 29.1 Å². The molecule has 0 saturated carbocycles. The highest BCUT2D eigenvalue weighted by molar-refractivity contribution is 9.09.